The standard InChI is InChI=1S/C28H35N5O3S2/c1-18-16-22(19(2)32(18)20-10-6-5-7-11-20)27-26(24-12-8-9-15-29-24)30-28(37)33(27)21-13-14-23(25(17-21)36-3)31-38(4,34)35/h8-9,12-17,20,26-27,31H,5-7,10-11H2,1-4H3,(H,30,37)/t26-,27+/m1/s1. The second-order valence-corrected chi connectivity index (χ2v) is 12.4. The van der Waals surface area contributed by atoms with Gasteiger partial charge in [-0.3, -0.25) is 9.71 Å². The van der Waals surface area contributed by atoms with Gasteiger partial charge in [0.15, 0.2) is 5.11 Å². The van der Waals surface area contributed by atoms with E-state index in [1.165, 1.54) is 56.2 Å². The molecule has 5 rings (SSSR count). The summed E-state index contributed by atoms with van der Waals surface area (Å²) < 4.78 is 34.4. The summed E-state index contributed by atoms with van der Waals surface area (Å²) in [5, 5.41) is 4.11. The zero-order valence-electron chi connectivity index (χ0n) is 22.3. The molecular weight excluding hydrogens is 518 g/mol. The van der Waals surface area contributed by atoms with Crippen LogP contribution in [-0.2, 0) is 10.0 Å². The third kappa shape index (κ3) is 5.11. The molecule has 38 heavy (non-hydrogen) atoms. The number of hydrogen-bond donors (Lipinski definition) is 2. The first-order valence-corrected chi connectivity index (χ1v) is 15.3. The number of aromatic nitrogens is 2. The first kappa shape index (κ1) is 26.5. The van der Waals surface area contributed by atoms with Gasteiger partial charge in [0.25, 0.3) is 0 Å². The summed E-state index contributed by atoms with van der Waals surface area (Å²) in [4.78, 5) is 6.78. The molecule has 2 atom stereocenters. The fourth-order valence-electron chi connectivity index (χ4n) is 6.07. The Hall–Kier alpha value is -3.11. The molecule has 2 N–H and O–H groups in total. The normalized spacial score (nSPS) is 20.4. The Balaban J connectivity index is 1.62. The molecule has 0 bridgehead atoms. The van der Waals surface area contributed by atoms with E-state index in [1.807, 2.05) is 30.3 Å². The number of aryl methyl sites for hydroxylation is 1. The van der Waals surface area contributed by atoms with Gasteiger partial charge in [0, 0.05) is 35.4 Å². The fraction of sp³-hybridized carbons (Fsp3) is 0.429. The Morgan fingerprint density at radius 3 is 2.53 bits per heavy atom. The highest BCUT2D eigenvalue weighted by Gasteiger charge is 2.42. The van der Waals surface area contributed by atoms with Crippen LogP contribution in [0, 0.1) is 13.8 Å². The highest BCUT2D eigenvalue weighted by Crippen LogP contribution is 2.45. The smallest absolute Gasteiger partial charge is 0.229 e. The first-order valence-electron chi connectivity index (χ1n) is 13.0. The zero-order chi connectivity index (χ0) is 27.0. The third-order valence-corrected chi connectivity index (χ3v) is 8.54. The highest BCUT2D eigenvalue weighted by molar-refractivity contribution is 7.92. The number of thiocarbonyl (C=S) groups is 1. The van der Waals surface area contributed by atoms with Crippen molar-refractivity contribution < 1.29 is 13.2 Å². The lowest BCUT2D eigenvalue weighted by atomic mass is 9.94. The topological polar surface area (TPSA) is 88.5 Å². The van der Waals surface area contributed by atoms with Crippen molar-refractivity contribution in [2.75, 3.05) is 23.0 Å². The Kier molecular flexibility index (Phi) is 7.37. The molecule has 1 aliphatic heterocycles. The van der Waals surface area contributed by atoms with Crippen molar-refractivity contribution in [1.29, 1.82) is 0 Å². The molecule has 1 aliphatic carbocycles. The van der Waals surface area contributed by atoms with E-state index in [9.17, 15) is 8.42 Å². The van der Waals surface area contributed by atoms with E-state index in [4.69, 9.17) is 17.0 Å². The number of rotatable bonds is 7. The quantitative estimate of drug-likeness (QED) is 0.370. The molecule has 1 saturated carbocycles. The van der Waals surface area contributed by atoms with Crippen LogP contribution in [0.2, 0.25) is 0 Å². The molecule has 0 radical (unpaired) electrons. The van der Waals surface area contributed by atoms with Crippen molar-refractivity contribution in [3.8, 4) is 5.75 Å². The summed E-state index contributed by atoms with van der Waals surface area (Å²) >= 11 is 5.91. The van der Waals surface area contributed by atoms with Crippen molar-refractivity contribution in [3.63, 3.8) is 0 Å². The Labute approximate surface area is 230 Å². The van der Waals surface area contributed by atoms with Gasteiger partial charge in [-0.2, -0.15) is 0 Å². The molecule has 10 heteroatoms. The molecule has 2 fully saturated rings. The lowest BCUT2D eigenvalue weighted by Crippen LogP contribution is -2.29. The van der Waals surface area contributed by atoms with Crippen LogP contribution in [0.5, 0.6) is 5.75 Å². The lowest BCUT2D eigenvalue weighted by Gasteiger charge is -2.30. The van der Waals surface area contributed by atoms with E-state index < -0.39 is 10.0 Å². The largest absolute Gasteiger partial charge is 0.494 e. The van der Waals surface area contributed by atoms with Crippen molar-refractivity contribution in [3.05, 3.63) is 71.3 Å². The summed E-state index contributed by atoms with van der Waals surface area (Å²) in [7, 11) is -1.94. The second-order valence-electron chi connectivity index (χ2n) is 10.2. The molecule has 8 nitrogen and oxygen atoms in total. The van der Waals surface area contributed by atoms with Crippen LogP contribution in [0.3, 0.4) is 0 Å². The number of pyridine rings is 1. The van der Waals surface area contributed by atoms with E-state index in [-0.39, 0.29) is 12.1 Å². The minimum absolute atomic E-state index is 0.153. The van der Waals surface area contributed by atoms with Crippen molar-refractivity contribution in [2.45, 2.75) is 64.1 Å². The van der Waals surface area contributed by atoms with Crippen LogP contribution in [0.4, 0.5) is 11.4 Å². The van der Waals surface area contributed by atoms with Crippen LogP contribution in [0.25, 0.3) is 0 Å². The summed E-state index contributed by atoms with van der Waals surface area (Å²) in [5.74, 6) is 0.420. The number of hydrogen-bond acceptors (Lipinski definition) is 5. The maximum absolute atomic E-state index is 11.9. The Morgan fingerprint density at radius 1 is 1.11 bits per heavy atom. The first-order chi connectivity index (χ1) is 18.2. The second kappa shape index (κ2) is 10.6. The molecule has 0 unspecified atom stereocenters. The van der Waals surface area contributed by atoms with E-state index in [2.05, 4.69) is 44.4 Å². The molecule has 1 saturated heterocycles. The highest BCUT2D eigenvalue weighted by atomic mass is 32.2. The monoisotopic (exact) mass is 553 g/mol. The SMILES string of the molecule is COc1cc(N2C(=S)N[C@H](c3ccccn3)[C@@H]2c2cc(C)n(C3CCCCC3)c2C)ccc1NS(C)(=O)=O. The number of benzene rings is 1. The summed E-state index contributed by atoms with van der Waals surface area (Å²) in [6.45, 7) is 4.41. The predicted molar refractivity (Wildman–Crippen MR) is 155 cm³/mol. The maximum Gasteiger partial charge on any atom is 0.229 e. The lowest BCUT2D eigenvalue weighted by molar-refractivity contribution is 0.345. The van der Waals surface area contributed by atoms with E-state index in [0.717, 1.165) is 17.6 Å². The van der Waals surface area contributed by atoms with Gasteiger partial charge in [0.05, 0.1) is 36.8 Å². The van der Waals surface area contributed by atoms with Crippen LogP contribution in [0.15, 0.2) is 48.7 Å². The van der Waals surface area contributed by atoms with Gasteiger partial charge in [-0.1, -0.05) is 25.3 Å². The number of nitrogens with one attached hydrogen (secondary N) is 2. The number of nitrogens with zero attached hydrogens (tertiary/aromatic N) is 3. The van der Waals surface area contributed by atoms with Crippen molar-refractivity contribution in [1.82, 2.24) is 14.9 Å². The van der Waals surface area contributed by atoms with Gasteiger partial charge >= 0.3 is 0 Å². The van der Waals surface area contributed by atoms with Crippen LogP contribution in [-0.4, -0.2) is 36.4 Å². The fourth-order valence-corrected chi connectivity index (χ4v) is 6.98. The molecule has 2 aromatic heterocycles. The van der Waals surface area contributed by atoms with Crippen molar-refractivity contribution >= 4 is 38.7 Å². The average Bonchev–Trinajstić information content (AvgIpc) is 3.39. The molecule has 3 heterocycles. The predicted octanol–water partition coefficient (Wildman–Crippen LogP) is 5.56. The summed E-state index contributed by atoms with van der Waals surface area (Å²) in [6.07, 6.45) is 9.18. The molecule has 1 aromatic carbocycles. The molecule has 0 amide bonds. The molecule has 2 aliphatic rings. The zero-order valence-corrected chi connectivity index (χ0v) is 23.9. The minimum Gasteiger partial charge on any atom is -0.494 e. The van der Waals surface area contributed by atoms with E-state index >= 15 is 0 Å². The molecule has 3 aromatic rings. The van der Waals surface area contributed by atoms with Crippen molar-refractivity contribution in [2.24, 2.45) is 0 Å². The van der Waals surface area contributed by atoms with Crippen LogP contribution < -0.4 is 19.7 Å². The Bertz CT molecular complexity index is 1430. The molecular formula is C28H35N5O3S2. The van der Waals surface area contributed by atoms with E-state index in [0.29, 0.717) is 22.6 Å². The van der Waals surface area contributed by atoms with Gasteiger partial charge < -0.3 is 19.5 Å². The number of anilines is 2. The summed E-state index contributed by atoms with van der Waals surface area (Å²) in [5.41, 5.74) is 5.81. The molecule has 202 valence electrons. The van der Waals surface area contributed by atoms with Gasteiger partial charge in [0.1, 0.15) is 5.75 Å². The third-order valence-electron chi connectivity index (χ3n) is 7.64. The molecule has 0 spiro atoms. The summed E-state index contributed by atoms with van der Waals surface area (Å²) in [6, 6.07) is 13.8. The van der Waals surface area contributed by atoms with Gasteiger partial charge in [-0.25, -0.2) is 8.42 Å². The van der Waals surface area contributed by atoms with Crippen LogP contribution >= 0.6 is 12.2 Å². The van der Waals surface area contributed by atoms with Gasteiger partial charge in [0.2, 0.25) is 10.0 Å². The minimum atomic E-state index is -3.46. The average molecular weight is 554 g/mol. The number of methoxy groups -OCH3 is 1. The Morgan fingerprint density at radius 2 is 1.87 bits per heavy atom. The van der Waals surface area contributed by atoms with Gasteiger partial charge in [-0.05, 0) is 74.8 Å². The maximum atomic E-state index is 11.9. The number of ether oxygens (including phenoxy) is 1. The van der Waals surface area contributed by atoms with Gasteiger partial charge in [-0.15, -0.1) is 0 Å². The van der Waals surface area contributed by atoms with E-state index in [1.54, 1.807) is 12.3 Å². The number of sulfonamides is 1. The van der Waals surface area contributed by atoms with Crippen LogP contribution in [0.1, 0.15) is 72.9 Å².